The van der Waals surface area contributed by atoms with E-state index in [2.05, 4.69) is 0 Å². The summed E-state index contributed by atoms with van der Waals surface area (Å²) in [5, 5.41) is 0. The van der Waals surface area contributed by atoms with Crippen molar-refractivity contribution in [1.82, 2.24) is 4.90 Å². The number of carbonyl (C=O) groups is 3. The molecule has 2 rings (SSSR count). The lowest BCUT2D eigenvalue weighted by Crippen LogP contribution is -2.54. The molecular weight excluding hydrogens is 363 g/mol. The number of alkyl halides is 1. The SMILES string of the molecule is C[C@@H](C(=O)CF)N(C(=O)OCc1ccccc1)C(=O)[C@@H](N)Cc1ccccc1. The average Bonchev–Trinajstić information content (AvgIpc) is 2.73. The van der Waals surface area contributed by atoms with Gasteiger partial charge in [-0.05, 0) is 24.5 Å². The molecule has 2 atom stereocenters. The molecule has 0 saturated carbocycles. The van der Waals surface area contributed by atoms with E-state index in [1.807, 2.05) is 12.1 Å². The summed E-state index contributed by atoms with van der Waals surface area (Å²) in [4.78, 5) is 37.7. The number of ketones is 1. The molecule has 0 fully saturated rings. The zero-order chi connectivity index (χ0) is 20.5. The molecule has 0 aliphatic heterocycles. The van der Waals surface area contributed by atoms with Gasteiger partial charge in [-0.2, -0.15) is 0 Å². The van der Waals surface area contributed by atoms with E-state index >= 15 is 0 Å². The minimum atomic E-state index is -1.32. The molecule has 7 heteroatoms. The van der Waals surface area contributed by atoms with Gasteiger partial charge in [0.1, 0.15) is 19.3 Å². The van der Waals surface area contributed by atoms with Gasteiger partial charge in [-0.1, -0.05) is 60.7 Å². The van der Waals surface area contributed by atoms with Gasteiger partial charge >= 0.3 is 6.09 Å². The van der Waals surface area contributed by atoms with E-state index in [4.69, 9.17) is 10.5 Å². The van der Waals surface area contributed by atoms with Crippen molar-refractivity contribution >= 4 is 17.8 Å². The highest BCUT2D eigenvalue weighted by Gasteiger charge is 2.35. The zero-order valence-corrected chi connectivity index (χ0v) is 15.6. The number of rotatable bonds is 8. The van der Waals surface area contributed by atoms with Gasteiger partial charge in [-0.15, -0.1) is 0 Å². The first-order valence-electron chi connectivity index (χ1n) is 8.86. The Morgan fingerprint density at radius 3 is 2.07 bits per heavy atom. The van der Waals surface area contributed by atoms with E-state index < -0.39 is 36.5 Å². The fourth-order valence-electron chi connectivity index (χ4n) is 2.62. The van der Waals surface area contributed by atoms with Crippen LogP contribution in [0.3, 0.4) is 0 Å². The lowest BCUT2D eigenvalue weighted by Gasteiger charge is -2.27. The first kappa shape index (κ1) is 21.2. The first-order valence-corrected chi connectivity index (χ1v) is 8.86. The normalized spacial score (nSPS) is 12.7. The Labute approximate surface area is 163 Å². The summed E-state index contributed by atoms with van der Waals surface area (Å²) in [6, 6.07) is 15.5. The molecule has 0 saturated heterocycles. The Kier molecular flexibility index (Phi) is 7.83. The highest BCUT2D eigenvalue weighted by atomic mass is 19.1. The summed E-state index contributed by atoms with van der Waals surface area (Å²) in [7, 11) is 0. The minimum Gasteiger partial charge on any atom is -0.444 e. The Morgan fingerprint density at radius 2 is 1.54 bits per heavy atom. The molecule has 0 aliphatic rings. The molecule has 28 heavy (non-hydrogen) atoms. The van der Waals surface area contributed by atoms with Gasteiger partial charge in [-0.3, -0.25) is 9.59 Å². The van der Waals surface area contributed by atoms with Crippen LogP contribution in [-0.2, 0) is 27.4 Å². The van der Waals surface area contributed by atoms with Crippen LogP contribution in [0.2, 0.25) is 0 Å². The smallest absolute Gasteiger partial charge is 0.417 e. The largest absolute Gasteiger partial charge is 0.444 e. The lowest BCUT2D eigenvalue weighted by atomic mass is 10.0. The molecule has 0 radical (unpaired) electrons. The van der Waals surface area contributed by atoms with Gasteiger partial charge < -0.3 is 10.5 Å². The van der Waals surface area contributed by atoms with Crippen LogP contribution in [0.1, 0.15) is 18.1 Å². The van der Waals surface area contributed by atoms with Crippen molar-refractivity contribution in [3.63, 3.8) is 0 Å². The fraction of sp³-hybridized carbons (Fsp3) is 0.286. The number of nitrogens with zero attached hydrogens (tertiary/aromatic N) is 1. The number of nitrogens with two attached hydrogens (primary N) is 1. The summed E-state index contributed by atoms with van der Waals surface area (Å²) in [5.74, 6) is -1.70. The number of amides is 2. The number of carbonyl (C=O) groups excluding carboxylic acids is 3. The maximum atomic E-state index is 12.9. The van der Waals surface area contributed by atoms with Crippen molar-refractivity contribution in [2.45, 2.75) is 32.0 Å². The monoisotopic (exact) mass is 386 g/mol. The summed E-state index contributed by atoms with van der Waals surface area (Å²) >= 11 is 0. The number of imide groups is 1. The van der Waals surface area contributed by atoms with Crippen LogP contribution in [0.15, 0.2) is 60.7 Å². The molecule has 0 heterocycles. The Bertz CT molecular complexity index is 799. The Morgan fingerprint density at radius 1 is 1.00 bits per heavy atom. The Balaban J connectivity index is 2.14. The predicted molar refractivity (Wildman–Crippen MR) is 102 cm³/mol. The number of Topliss-reactive ketones (excluding diaryl/α,β-unsaturated/α-hetero) is 1. The minimum absolute atomic E-state index is 0.0894. The van der Waals surface area contributed by atoms with E-state index in [1.165, 1.54) is 6.92 Å². The molecule has 148 valence electrons. The van der Waals surface area contributed by atoms with E-state index in [-0.39, 0.29) is 13.0 Å². The maximum absolute atomic E-state index is 12.9. The van der Waals surface area contributed by atoms with E-state index in [9.17, 15) is 18.8 Å². The topological polar surface area (TPSA) is 89.7 Å². The number of benzene rings is 2. The average molecular weight is 386 g/mol. The maximum Gasteiger partial charge on any atom is 0.417 e. The van der Waals surface area contributed by atoms with Gasteiger partial charge in [0.15, 0.2) is 5.78 Å². The quantitative estimate of drug-likeness (QED) is 0.753. The molecule has 2 aromatic carbocycles. The van der Waals surface area contributed by atoms with Gasteiger partial charge in [0.05, 0.1) is 6.04 Å². The van der Waals surface area contributed by atoms with Crippen molar-refractivity contribution in [2.24, 2.45) is 5.73 Å². The van der Waals surface area contributed by atoms with Crippen LogP contribution in [0.25, 0.3) is 0 Å². The molecule has 2 N–H and O–H groups in total. The van der Waals surface area contributed by atoms with Crippen LogP contribution in [0, 0.1) is 0 Å². The van der Waals surface area contributed by atoms with Crippen molar-refractivity contribution in [3.8, 4) is 0 Å². The predicted octanol–water partition coefficient (Wildman–Crippen LogP) is 2.65. The molecular formula is C21H23FN2O4. The van der Waals surface area contributed by atoms with Crippen LogP contribution in [0.5, 0.6) is 0 Å². The van der Waals surface area contributed by atoms with Gasteiger partial charge in [0.2, 0.25) is 5.91 Å². The van der Waals surface area contributed by atoms with Crippen molar-refractivity contribution in [3.05, 3.63) is 71.8 Å². The second kappa shape index (κ2) is 10.3. The van der Waals surface area contributed by atoms with Crippen molar-refractivity contribution < 1.29 is 23.5 Å². The molecule has 0 aliphatic carbocycles. The second-order valence-corrected chi connectivity index (χ2v) is 6.32. The second-order valence-electron chi connectivity index (χ2n) is 6.32. The van der Waals surface area contributed by atoms with Crippen molar-refractivity contribution in [1.29, 1.82) is 0 Å². The molecule has 0 bridgehead atoms. The molecule has 0 spiro atoms. The first-order chi connectivity index (χ1) is 13.4. The lowest BCUT2D eigenvalue weighted by molar-refractivity contribution is -0.138. The summed E-state index contributed by atoms with van der Waals surface area (Å²) < 4.78 is 18.0. The molecule has 2 aromatic rings. The van der Waals surface area contributed by atoms with Gasteiger partial charge in [-0.25, -0.2) is 14.1 Å². The number of ether oxygens (including phenoxy) is 1. The van der Waals surface area contributed by atoms with Crippen LogP contribution in [-0.4, -0.2) is 41.4 Å². The number of halogens is 1. The van der Waals surface area contributed by atoms with Crippen molar-refractivity contribution in [2.75, 3.05) is 6.67 Å². The summed E-state index contributed by atoms with van der Waals surface area (Å²) in [6.07, 6.45) is -0.870. The van der Waals surface area contributed by atoms with Gasteiger partial charge in [0, 0.05) is 0 Å². The highest BCUT2D eigenvalue weighted by molar-refractivity contribution is 6.00. The van der Waals surface area contributed by atoms with Crippen LogP contribution < -0.4 is 5.73 Å². The third-order valence-corrected chi connectivity index (χ3v) is 4.24. The Hall–Kier alpha value is -3.06. The molecule has 0 aromatic heterocycles. The van der Waals surface area contributed by atoms with E-state index in [0.29, 0.717) is 10.5 Å². The number of hydrogen-bond acceptors (Lipinski definition) is 5. The molecule has 2 amide bonds. The summed E-state index contributed by atoms with van der Waals surface area (Å²) in [6.45, 7) is -0.114. The third kappa shape index (κ3) is 5.72. The number of hydrogen-bond donors (Lipinski definition) is 1. The van der Waals surface area contributed by atoms with E-state index in [1.54, 1.807) is 48.5 Å². The van der Waals surface area contributed by atoms with Crippen LogP contribution in [0.4, 0.5) is 9.18 Å². The highest BCUT2D eigenvalue weighted by Crippen LogP contribution is 2.12. The van der Waals surface area contributed by atoms with Crippen LogP contribution >= 0.6 is 0 Å². The standard InChI is InChI=1S/C21H23FN2O4/c1-15(19(25)13-22)24(21(27)28-14-17-10-6-3-7-11-17)20(26)18(23)12-16-8-4-2-5-9-16/h2-11,15,18H,12-14,23H2,1H3/t15-,18-/m0/s1. The fourth-order valence-corrected chi connectivity index (χ4v) is 2.62. The third-order valence-electron chi connectivity index (χ3n) is 4.24. The zero-order valence-electron chi connectivity index (χ0n) is 15.6. The summed E-state index contributed by atoms with van der Waals surface area (Å²) in [5.41, 5.74) is 7.48. The van der Waals surface area contributed by atoms with Gasteiger partial charge in [0.25, 0.3) is 0 Å². The molecule has 6 nitrogen and oxygen atoms in total. The molecule has 0 unspecified atom stereocenters. The van der Waals surface area contributed by atoms with E-state index in [0.717, 1.165) is 5.56 Å².